The van der Waals surface area contributed by atoms with Gasteiger partial charge in [-0.1, -0.05) is 19.1 Å². The van der Waals surface area contributed by atoms with Crippen LogP contribution in [0.25, 0.3) is 5.82 Å². The average molecular weight is 322 g/mol. The van der Waals surface area contributed by atoms with E-state index in [4.69, 9.17) is 4.74 Å². The zero-order valence-electron chi connectivity index (χ0n) is 13.3. The molecule has 1 aromatic carbocycles. The Kier molecular flexibility index (Phi) is 4.86. The van der Waals surface area contributed by atoms with Crippen molar-refractivity contribution < 1.29 is 9.53 Å². The van der Waals surface area contributed by atoms with Crippen LogP contribution in [0.15, 0.2) is 61.1 Å². The molecule has 24 heavy (non-hydrogen) atoms. The molecule has 3 rings (SSSR count). The molecule has 1 amide bonds. The van der Waals surface area contributed by atoms with Crippen LogP contribution >= 0.6 is 0 Å². The molecule has 0 unspecified atom stereocenters. The molecule has 122 valence electrons. The molecular formula is C18H18N4O2. The van der Waals surface area contributed by atoms with Crippen LogP contribution in [0.2, 0.25) is 0 Å². The van der Waals surface area contributed by atoms with Gasteiger partial charge in [0, 0.05) is 18.6 Å². The highest BCUT2D eigenvalue weighted by Gasteiger charge is 2.10. The van der Waals surface area contributed by atoms with Crippen molar-refractivity contribution >= 4 is 11.6 Å². The van der Waals surface area contributed by atoms with E-state index in [-0.39, 0.29) is 12.5 Å². The molecule has 6 nitrogen and oxygen atoms in total. The van der Waals surface area contributed by atoms with Crippen LogP contribution in [0, 0.1) is 0 Å². The number of hydrogen-bond donors (Lipinski definition) is 1. The van der Waals surface area contributed by atoms with Gasteiger partial charge in [-0.3, -0.25) is 4.79 Å². The summed E-state index contributed by atoms with van der Waals surface area (Å²) in [7, 11) is 0. The van der Waals surface area contributed by atoms with Crippen molar-refractivity contribution in [2.75, 3.05) is 11.9 Å². The van der Waals surface area contributed by atoms with Gasteiger partial charge in [0.15, 0.2) is 12.4 Å². The van der Waals surface area contributed by atoms with Gasteiger partial charge in [0.25, 0.3) is 5.91 Å². The Morgan fingerprint density at radius 3 is 2.71 bits per heavy atom. The largest absolute Gasteiger partial charge is 0.484 e. The molecule has 2 aromatic heterocycles. The molecule has 0 bridgehead atoms. The van der Waals surface area contributed by atoms with E-state index in [1.165, 1.54) is 5.56 Å². The normalized spacial score (nSPS) is 10.4. The molecule has 0 spiro atoms. The predicted molar refractivity (Wildman–Crippen MR) is 91.3 cm³/mol. The van der Waals surface area contributed by atoms with E-state index in [0.717, 1.165) is 6.42 Å². The number of anilines is 1. The zero-order valence-corrected chi connectivity index (χ0v) is 13.3. The van der Waals surface area contributed by atoms with Crippen molar-refractivity contribution in [1.82, 2.24) is 14.8 Å². The number of ether oxygens (including phenoxy) is 1. The monoisotopic (exact) mass is 322 g/mol. The van der Waals surface area contributed by atoms with Gasteiger partial charge in [0.1, 0.15) is 5.75 Å². The van der Waals surface area contributed by atoms with E-state index >= 15 is 0 Å². The number of aryl methyl sites for hydroxylation is 1. The maximum Gasteiger partial charge on any atom is 0.262 e. The third-order valence-electron chi connectivity index (χ3n) is 3.48. The van der Waals surface area contributed by atoms with E-state index in [1.807, 2.05) is 24.3 Å². The molecule has 6 heteroatoms. The van der Waals surface area contributed by atoms with Crippen LogP contribution in [0.3, 0.4) is 0 Å². The smallest absolute Gasteiger partial charge is 0.262 e. The Balaban J connectivity index is 1.63. The van der Waals surface area contributed by atoms with Crippen molar-refractivity contribution in [1.29, 1.82) is 0 Å². The van der Waals surface area contributed by atoms with E-state index in [2.05, 4.69) is 22.3 Å². The molecule has 0 saturated carbocycles. The SMILES string of the molecule is CCc1ccc(OCC(=O)Nc2cccnc2-n2cccn2)cc1. The third-order valence-corrected chi connectivity index (χ3v) is 3.48. The van der Waals surface area contributed by atoms with Gasteiger partial charge in [-0.2, -0.15) is 5.10 Å². The molecule has 0 fully saturated rings. The number of amides is 1. The van der Waals surface area contributed by atoms with Crippen LogP contribution in [-0.4, -0.2) is 27.3 Å². The van der Waals surface area contributed by atoms with Crippen molar-refractivity contribution in [2.45, 2.75) is 13.3 Å². The number of carbonyl (C=O) groups excluding carboxylic acids is 1. The molecule has 0 aliphatic rings. The second-order valence-corrected chi connectivity index (χ2v) is 5.16. The number of hydrogen-bond acceptors (Lipinski definition) is 4. The van der Waals surface area contributed by atoms with Gasteiger partial charge in [-0.05, 0) is 42.3 Å². The van der Waals surface area contributed by atoms with Gasteiger partial charge in [0.05, 0.1) is 5.69 Å². The first kappa shape index (κ1) is 15.7. The molecule has 0 radical (unpaired) electrons. The summed E-state index contributed by atoms with van der Waals surface area (Å²) in [5.41, 5.74) is 1.81. The number of benzene rings is 1. The van der Waals surface area contributed by atoms with Gasteiger partial charge in [0.2, 0.25) is 0 Å². The summed E-state index contributed by atoms with van der Waals surface area (Å²) in [5, 5.41) is 6.94. The van der Waals surface area contributed by atoms with Gasteiger partial charge in [-0.15, -0.1) is 0 Å². The van der Waals surface area contributed by atoms with Crippen LogP contribution < -0.4 is 10.1 Å². The minimum Gasteiger partial charge on any atom is -0.484 e. The Hall–Kier alpha value is -3.15. The number of nitrogens with zero attached hydrogens (tertiary/aromatic N) is 3. The fourth-order valence-corrected chi connectivity index (χ4v) is 2.23. The fraction of sp³-hybridized carbons (Fsp3) is 0.167. The van der Waals surface area contributed by atoms with Gasteiger partial charge < -0.3 is 10.1 Å². The summed E-state index contributed by atoms with van der Waals surface area (Å²) < 4.78 is 7.11. The van der Waals surface area contributed by atoms with Crippen molar-refractivity contribution in [3.63, 3.8) is 0 Å². The quantitative estimate of drug-likeness (QED) is 0.757. The fourth-order valence-electron chi connectivity index (χ4n) is 2.23. The molecule has 3 aromatic rings. The van der Waals surface area contributed by atoms with Crippen molar-refractivity contribution in [3.8, 4) is 11.6 Å². The molecule has 0 aliphatic heterocycles. The van der Waals surface area contributed by atoms with Crippen molar-refractivity contribution in [2.24, 2.45) is 0 Å². The Labute approximate surface area is 140 Å². The van der Waals surface area contributed by atoms with Crippen LogP contribution in [-0.2, 0) is 11.2 Å². The second-order valence-electron chi connectivity index (χ2n) is 5.16. The lowest BCUT2D eigenvalue weighted by molar-refractivity contribution is -0.118. The molecule has 0 atom stereocenters. The van der Waals surface area contributed by atoms with Crippen LogP contribution in [0.1, 0.15) is 12.5 Å². The maximum absolute atomic E-state index is 12.1. The van der Waals surface area contributed by atoms with Crippen LogP contribution in [0.5, 0.6) is 5.75 Å². The number of nitrogens with one attached hydrogen (secondary N) is 1. The molecule has 2 heterocycles. The molecule has 0 aliphatic carbocycles. The number of carbonyl (C=O) groups is 1. The number of pyridine rings is 1. The van der Waals surface area contributed by atoms with E-state index in [0.29, 0.717) is 17.3 Å². The highest BCUT2D eigenvalue weighted by molar-refractivity contribution is 5.93. The highest BCUT2D eigenvalue weighted by Crippen LogP contribution is 2.16. The first-order valence-electron chi connectivity index (χ1n) is 7.73. The predicted octanol–water partition coefficient (Wildman–Crippen LogP) is 2.85. The standard InChI is InChI=1S/C18H18N4O2/c1-2-14-6-8-15(9-7-14)24-13-17(23)21-16-5-3-10-19-18(16)22-12-4-11-20-22/h3-12H,2,13H2,1H3,(H,21,23). The summed E-state index contributed by atoms with van der Waals surface area (Å²) in [6.45, 7) is 2.02. The van der Waals surface area contributed by atoms with Crippen LogP contribution in [0.4, 0.5) is 5.69 Å². The second kappa shape index (κ2) is 7.41. The average Bonchev–Trinajstić information content (AvgIpc) is 3.15. The van der Waals surface area contributed by atoms with Gasteiger partial charge >= 0.3 is 0 Å². The Bertz CT molecular complexity index is 798. The zero-order chi connectivity index (χ0) is 16.8. The van der Waals surface area contributed by atoms with Crippen molar-refractivity contribution in [3.05, 3.63) is 66.6 Å². The molecule has 1 N–H and O–H groups in total. The molecule has 0 saturated heterocycles. The third kappa shape index (κ3) is 3.78. The van der Waals surface area contributed by atoms with E-state index < -0.39 is 0 Å². The first-order valence-corrected chi connectivity index (χ1v) is 7.73. The van der Waals surface area contributed by atoms with E-state index in [1.54, 1.807) is 41.5 Å². The highest BCUT2D eigenvalue weighted by atomic mass is 16.5. The summed E-state index contributed by atoms with van der Waals surface area (Å²) in [4.78, 5) is 16.4. The Morgan fingerprint density at radius 1 is 1.17 bits per heavy atom. The lowest BCUT2D eigenvalue weighted by Crippen LogP contribution is -2.21. The summed E-state index contributed by atoms with van der Waals surface area (Å²) in [6.07, 6.45) is 6.05. The van der Waals surface area contributed by atoms with Gasteiger partial charge in [-0.25, -0.2) is 9.67 Å². The minimum absolute atomic E-state index is 0.0705. The lowest BCUT2D eigenvalue weighted by Gasteiger charge is -2.11. The summed E-state index contributed by atoms with van der Waals surface area (Å²) in [5.74, 6) is 0.972. The summed E-state index contributed by atoms with van der Waals surface area (Å²) in [6, 6.07) is 13.0. The van der Waals surface area contributed by atoms with E-state index in [9.17, 15) is 4.79 Å². The number of rotatable bonds is 6. The molecular weight excluding hydrogens is 304 g/mol. The lowest BCUT2D eigenvalue weighted by atomic mass is 10.2. The topological polar surface area (TPSA) is 69.0 Å². The number of aromatic nitrogens is 3. The Morgan fingerprint density at radius 2 is 2.00 bits per heavy atom. The minimum atomic E-state index is -0.254. The maximum atomic E-state index is 12.1. The summed E-state index contributed by atoms with van der Waals surface area (Å²) >= 11 is 0. The first-order chi connectivity index (χ1) is 11.8.